The van der Waals surface area contributed by atoms with Crippen molar-refractivity contribution in [3.8, 4) is 0 Å². The second kappa shape index (κ2) is 5.40. The summed E-state index contributed by atoms with van der Waals surface area (Å²) in [4.78, 5) is 11.7. The average Bonchev–Trinajstić information content (AvgIpc) is 3.13. The van der Waals surface area contributed by atoms with E-state index in [4.69, 9.17) is 4.42 Å². The number of fused-ring (bicyclic) bond motifs is 1. The Kier molecular flexibility index (Phi) is 3.56. The first-order chi connectivity index (χ1) is 10.4. The van der Waals surface area contributed by atoms with Crippen molar-refractivity contribution in [2.75, 3.05) is 6.54 Å². The fourth-order valence-electron chi connectivity index (χ4n) is 1.71. The highest BCUT2D eigenvalue weighted by Crippen LogP contribution is 2.28. The quantitative estimate of drug-likeness (QED) is 0.787. The largest absolute Gasteiger partial charge is 0.459 e. The zero-order chi connectivity index (χ0) is 15.7. The summed E-state index contributed by atoms with van der Waals surface area (Å²) in [5, 5.41) is 13.3. The first-order valence-electron chi connectivity index (χ1n) is 6.05. The molecule has 0 aromatic carbocycles. The van der Waals surface area contributed by atoms with Gasteiger partial charge in [0.25, 0.3) is 11.7 Å². The van der Waals surface area contributed by atoms with Crippen molar-refractivity contribution < 1.29 is 22.4 Å². The number of furan rings is 1. The number of alkyl halides is 3. The second-order valence-corrected chi connectivity index (χ2v) is 5.24. The van der Waals surface area contributed by atoms with Crippen LogP contribution in [0.15, 0.2) is 22.8 Å². The normalized spacial score (nSPS) is 12.0. The molecule has 0 spiro atoms. The highest BCUT2D eigenvalue weighted by Gasteiger charge is 2.38. The molecule has 3 aromatic rings. The number of nitrogens with one attached hydrogen (secondary N) is 1. The van der Waals surface area contributed by atoms with Crippen molar-refractivity contribution in [2.24, 2.45) is 0 Å². The number of carbonyl (C=O) groups excluding carboxylic acids is 1. The Morgan fingerprint density at radius 3 is 2.91 bits per heavy atom. The lowest BCUT2D eigenvalue weighted by atomic mass is 10.4. The summed E-state index contributed by atoms with van der Waals surface area (Å²) in [6, 6.07) is 3.09. The molecule has 0 atom stereocenters. The molecule has 1 amide bonds. The van der Waals surface area contributed by atoms with Crippen LogP contribution in [0.2, 0.25) is 0 Å². The Hall–Kier alpha value is -2.43. The number of hydrogen-bond donors (Lipinski definition) is 1. The standard InChI is InChI=1S/C11H8F3N5O2S/c12-11(13,14)9-16-17-10-19(9)18-7(22-10)3-4-15-8(20)6-2-1-5-21-6/h1-2,5H,3-4H2,(H,15,20). The van der Waals surface area contributed by atoms with Gasteiger partial charge in [0.05, 0.1) is 6.26 Å². The van der Waals surface area contributed by atoms with Crippen molar-refractivity contribution in [3.63, 3.8) is 0 Å². The van der Waals surface area contributed by atoms with Gasteiger partial charge in [-0.15, -0.1) is 10.2 Å². The summed E-state index contributed by atoms with van der Waals surface area (Å²) >= 11 is 0.987. The highest BCUT2D eigenvalue weighted by molar-refractivity contribution is 7.16. The molecule has 7 nitrogen and oxygen atoms in total. The lowest BCUT2D eigenvalue weighted by Gasteiger charge is -2.01. The Morgan fingerprint density at radius 1 is 1.41 bits per heavy atom. The SMILES string of the molecule is O=C(NCCc1nn2c(C(F)(F)F)nnc2s1)c1ccco1. The molecular weight excluding hydrogens is 323 g/mol. The maximum absolute atomic E-state index is 12.6. The third-order valence-electron chi connectivity index (χ3n) is 2.66. The highest BCUT2D eigenvalue weighted by atomic mass is 32.1. The first kappa shape index (κ1) is 14.5. The number of hydrogen-bond acceptors (Lipinski definition) is 6. The molecule has 11 heteroatoms. The summed E-state index contributed by atoms with van der Waals surface area (Å²) in [5.74, 6) is -1.40. The van der Waals surface area contributed by atoms with Gasteiger partial charge in [-0.1, -0.05) is 11.3 Å². The second-order valence-electron chi connectivity index (χ2n) is 4.19. The minimum absolute atomic E-state index is 0.0553. The molecule has 3 rings (SSSR count). The first-order valence-corrected chi connectivity index (χ1v) is 6.87. The van der Waals surface area contributed by atoms with Gasteiger partial charge in [0, 0.05) is 13.0 Å². The van der Waals surface area contributed by atoms with E-state index in [0.717, 1.165) is 11.3 Å². The van der Waals surface area contributed by atoms with E-state index in [1.807, 2.05) is 0 Å². The Bertz CT molecular complexity index is 792. The molecule has 0 aliphatic rings. The molecule has 0 aliphatic carbocycles. The minimum atomic E-state index is -4.61. The fraction of sp³-hybridized carbons (Fsp3) is 0.273. The molecular formula is C11H8F3N5O2S. The van der Waals surface area contributed by atoms with Crippen LogP contribution in [0.5, 0.6) is 0 Å². The Labute approximate surface area is 124 Å². The van der Waals surface area contributed by atoms with E-state index in [2.05, 4.69) is 20.6 Å². The minimum Gasteiger partial charge on any atom is -0.459 e. The van der Waals surface area contributed by atoms with Crippen LogP contribution in [0.3, 0.4) is 0 Å². The topological polar surface area (TPSA) is 85.3 Å². The predicted molar refractivity (Wildman–Crippen MR) is 68.4 cm³/mol. The van der Waals surface area contributed by atoms with Crippen LogP contribution < -0.4 is 5.32 Å². The lowest BCUT2D eigenvalue weighted by Crippen LogP contribution is -2.25. The van der Waals surface area contributed by atoms with Crippen LogP contribution >= 0.6 is 11.3 Å². The van der Waals surface area contributed by atoms with Gasteiger partial charge < -0.3 is 9.73 Å². The molecule has 0 radical (unpaired) electrons. The molecule has 22 heavy (non-hydrogen) atoms. The molecule has 116 valence electrons. The molecule has 0 fully saturated rings. The molecule has 3 heterocycles. The van der Waals surface area contributed by atoms with E-state index < -0.39 is 17.9 Å². The summed E-state index contributed by atoms with van der Waals surface area (Å²) in [5.41, 5.74) is 0. The maximum Gasteiger partial charge on any atom is 0.453 e. The number of aromatic nitrogens is 4. The fourth-order valence-corrected chi connectivity index (χ4v) is 2.54. The molecule has 0 bridgehead atoms. The van der Waals surface area contributed by atoms with E-state index in [9.17, 15) is 18.0 Å². The molecule has 1 N–H and O–H groups in total. The van der Waals surface area contributed by atoms with E-state index in [-0.39, 0.29) is 23.7 Å². The zero-order valence-electron chi connectivity index (χ0n) is 10.8. The van der Waals surface area contributed by atoms with Gasteiger partial charge in [0.1, 0.15) is 5.01 Å². The van der Waals surface area contributed by atoms with Crippen LogP contribution in [0.25, 0.3) is 4.96 Å². The summed E-state index contributed by atoms with van der Waals surface area (Å²) in [7, 11) is 0. The maximum atomic E-state index is 12.6. The van der Waals surface area contributed by atoms with E-state index in [1.165, 1.54) is 12.3 Å². The van der Waals surface area contributed by atoms with E-state index in [0.29, 0.717) is 9.52 Å². The van der Waals surface area contributed by atoms with Gasteiger partial charge >= 0.3 is 6.18 Å². The zero-order valence-corrected chi connectivity index (χ0v) is 11.6. The van der Waals surface area contributed by atoms with Crippen LogP contribution in [0.4, 0.5) is 13.2 Å². The van der Waals surface area contributed by atoms with Gasteiger partial charge in [-0.25, -0.2) is 0 Å². The van der Waals surface area contributed by atoms with Gasteiger partial charge in [-0.2, -0.15) is 22.8 Å². The third kappa shape index (κ3) is 2.79. The van der Waals surface area contributed by atoms with Crippen LogP contribution in [0.1, 0.15) is 21.4 Å². The van der Waals surface area contributed by atoms with Crippen molar-refractivity contribution >= 4 is 22.2 Å². The number of amides is 1. The van der Waals surface area contributed by atoms with Gasteiger partial charge in [0.15, 0.2) is 5.76 Å². The number of carbonyl (C=O) groups is 1. The van der Waals surface area contributed by atoms with Crippen molar-refractivity contribution in [1.29, 1.82) is 0 Å². The monoisotopic (exact) mass is 331 g/mol. The number of nitrogens with zero attached hydrogens (tertiary/aromatic N) is 4. The van der Waals surface area contributed by atoms with Crippen molar-refractivity contribution in [3.05, 3.63) is 35.0 Å². The Balaban J connectivity index is 1.65. The average molecular weight is 331 g/mol. The van der Waals surface area contributed by atoms with Gasteiger partial charge in [-0.3, -0.25) is 4.79 Å². The predicted octanol–water partition coefficient (Wildman–Crippen LogP) is 1.77. The summed E-state index contributed by atoms with van der Waals surface area (Å²) in [6.45, 7) is 0.213. The molecule has 3 aromatic heterocycles. The van der Waals surface area contributed by atoms with Gasteiger partial charge in [-0.05, 0) is 12.1 Å². The third-order valence-corrected chi connectivity index (χ3v) is 3.61. The molecule has 0 aliphatic heterocycles. The number of rotatable bonds is 4. The number of halogens is 3. The van der Waals surface area contributed by atoms with Crippen LogP contribution in [0, 0.1) is 0 Å². The van der Waals surface area contributed by atoms with Crippen molar-refractivity contribution in [2.45, 2.75) is 12.6 Å². The van der Waals surface area contributed by atoms with Gasteiger partial charge in [0.2, 0.25) is 4.96 Å². The molecule has 0 saturated carbocycles. The Morgan fingerprint density at radius 2 is 2.23 bits per heavy atom. The van der Waals surface area contributed by atoms with E-state index >= 15 is 0 Å². The summed E-state index contributed by atoms with van der Waals surface area (Å²) < 4.78 is 43.5. The van der Waals surface area contributed by atoms with Crippen LogP contribution in [-0.2, 0) is 12.6 Å². The smallest absolute Gasteiger partial charge is 0.453 e. The van der Waals surface area contributed by atoms with Crippen molar-refractivity contribution in [1.82, 2.24) is 25.1 Å². The summed E-state index contributed by atoms with van der Waals surface area (Å²) in [6.07, 6.45) is -2.97. The van der Waals surface area contributed by atoms with Crippen LogP contribution in [-0.4, -0.2) is 32.3 Å². The molecule has 0 unspecified atom stereocenters. The molecule has 0 saturated heterocycles. The lowest BCUT2D eigenvalue weighted by molar-refractivity contribution is -0.146. The van der Waals surface area contributed by atoms with E-state index in [1.54, 1.807) is 6.07 Å².